The van der Waals surface area contributed by atoms with Gasteiger partial charge in [0.25, 0.3) is 0 Å². The molecule has 0 atom stereocenters. The molecule has 1 aromatic heterocycles. The van der Waals surface area contributed by atoms with E-state index in [1.54, 1.807) is 0 Å². The molecule has 0 aromatic carbocycles. The van der Waals surface area contributed by atoms with Gasteiger partial charge in [-0.25, -0.2) is 0 Å². The van der Waals surface area contributed by atoms with E-state index in [9.17, 15) is 0 Å². The molecule has 0 aliphatic rings. The van der Waals surface area contributed by atoms with Crippen LogP contribution in [0, 0.1) is 0 Å². The predicted molar refractivity (Wildman–Crippen MR) is 73.0 cm³/mol. The van der Waals surface area contributed by atoms with Crippen molar-refractivity contribution in [3.8, 4) is 0 Å². The summed E-state index contributed by atoms with van der Waals surface area (Å²) in [5.41, 5.74) is 1.30. The van der Waals surface area contributed by atoms with Gasteiger partial charge in [0.1, 0.15) is 0 Å². The van der Waals surface area contributed by atoms with E-state index in [1.165, 1.54) is 37.8 Å². The molecule has 0 unspecified atom stereocenters. The van der Waals surface area contributed by atoms with Crippen molar-refractivity contribution in [2.45, 2.75) is 32.2 Å². The first kappa shape index (κ1) is 14.1. The molecule has 1 N–H and O–H groups in total. The van der Waals surface area contributed by atoms with Gasteiger partial charge in [0, 0.05) is 18.9 Å². The fourth-order valence-corrected chi connectivity index (χ4v) is 1.92. The van der Waals surface area contributed by atoms with Crippen molar-refractivity contribution in [1.82, 2.24) is 15.2 Å². The van der Waals surface area contributed by atoms with Gasteiger partial charge >= 0.3 is 0 Å². The predicted octanol–water partition coefficient (Wildman–Crippen LogP) is 2.29. The first-order valence-electron chi connectivity index (χ1n) is 6.55. The molecule has 0 aliphatic heterocycles. The summed E-state index contributed by atoms with van der Waals surface area (Å²) in [6.07, 6.45) is 9.03. The van der Waals surface area contributed by atoms with E-state index in [0.717, 1.165) is 13.1 Å². The minimum atomic E-state index is 1.00. The van der Waals surface area contributed by atoms with E-state index in [1.807, 2.05) is 25.5 Å². The summed E-state index contributed by atoms with van der Waals surface area (Å²) >= 11 is 0. The lowest BCUT2D eigenvalue weighted by atomic mass is 10.2. The molecule has 0 saturated heterocycles. The first-order chi connectivity index (χ1) is 8.33. The Morgan fingerprint density at radius 1 is 1.24 bits per heavy atom. The largest absolute Gasteiger partial charge is 0.320 e. The SMILES string of the molecule is CNCCCCCCN(C)Cc1cccnc1. The highest BCUT2D eigenvalue weighted by Gasteiger charge is 1.99. The van der Waals surface area contributed by atoms with Crippen LogP contribution in [0.4, 0.5) is 0 Å². The third-order valence-corrected chi connectivity index (χ3v) is 2.89. The Morgan fingerprint density at radius 3 is 2.76 bits per heavy atom. The van der Waals surface area contributed by atoms with Gasteiger partial charge in [0.2, 0.25) is 0 Å². The van der Waals surface area contributed by atoms with Crippen LogP contribution in [0.2, 0.25) is 0 Å². The number of nitrogens with zero attached hydrogens (tertiary/aromatic N) is 2. The number of hydrogen-bond donors (Lipinski definition) is 1. The summed E-state index contributed by atoms with van der Waals surface area (Å²) in [5, 5.41) is 3.18. The van der Waals surface area contributed by atoms with Crippen molar-refractivity contribution in [3.63, 3.8) is 0 Å². The molecule has 0 amide bonds. The zero-order valence-corrected chi connectivity index (χ0v) is 11.2. The molecule has 1 heterocycles. The standard InChI is InChI=1S/C14H25N3/c1-15-9-5-3-4-6-11-17(2)13-14-8-7-10-16-12-14/h7-8,10,12,15H,3-6,9,11,13H2,1-2H3. The van der Waals surface area contributed by atoms with Crippen LogP contribution in [0.3, 0.4) is 0 Å². The van der Waals surface area contributed by atoms with Gasteiger partial charge in [-0.1, -0.05) is 18.9 Å². The zero-order valence-electron chi connectivity index (χ0n) is 11.2. The van der Waals surface area contributed by atoms with Gasteiger partial charge in [-0.15, -0.1) is 0 Å². The molecule has 0 radical (unpaired) electrons. The van der Waals surface area contributed by atoms with Crippen LogP contribution in [0.1, 0.15) is 31.2 Å². The van der Waals surface area contributed by atoms with E-state index in [2.05, 4.69) is 28.3 Å². The molecular formula is C14H25N3. The molecule has 0 fully saturated rings. The quantitative estimate of drug-likeness (QED) is 0.666. The maximum absolute atomic E-state index is 4.13. The molecular weight excluding hydrogens is 210 g/mol. The first-order valence-corrected chi connectivity index (χ1v) is 6.55. The third-order valence-electron chi connectivity index (χ3n) is 2.89. The fourth-order valence-electron chi connectivity index (χ4n) is 1.92. The second-order valence-electron chi connectivity index (χ2n) is 4.62. The molecule has 17 heavy (non-hydrogen) atoms. The van der Waals surface area contributed by atoms with Crippen LogP contribution in [0.15, 0.2) is 24.5 Å². The molecule has 0 aliphatic carbocycles. The van der Waals surface area contributed by atoms with Crippen LogP contribution in [0.25, 0.3) is 0 Å². The molecule has 1 rings (SSSR count). The Balaban J connectivity index is 2.03. The Kier molecular flexibility index (Phi) is 7.60. The number of pyridine rings is 1. The molecule has 1 aromatic rings. The summed E-state index contributed by atoms with van der Waals surface area (Å²) in [4.78, 5) is 6.50. The highest BCUT2D eigenvalue weighted by molar-refractivity contribution is 5.07. The van der Waals surface area contributed by atoms with Gasteiger partial charge in [-0.2, -0.15) is 0 Å². The Labute approximate surface area is 105 Å². The maximum Gasteiger partial charge on any atom is 0.0312 e. The topological polar surface area (TPSA) is 28.2 Å². The van der Waals surface area contributed by atoms with Crippen LogP contribution in [-0.2, 0) is 6.54 Å². The van der Waals surface area contributed by atoms with E-state index in [4.69, 9.17) is 0 Å². The molecule has 3 heteroatoms. The lowest BCUT2D eigenvalue weighted by Crippen LogP contribution is -2.19. The van der Waals surface area contributed by atoms with Gasteiger partial charge < -0.3 is 10.2 Å². The van der Waals surface area contributed by atoms with Crippen molar-refractivity contribution in [2.75, 3.05) is 27.2 Å². The van der Waals surface area contributed by atoms with Crippen LogP contribution < -0.4 is 5.32 Å². The second kappa shape index (κ2) is 9.14. The Morgan fingerprint density at radius 2 is 2.06 bits per heavy atom. The number of aromatic nitrogens is 1. The summed E-state index contributed by atoms with van der Waals surface area (Å²) in [6, 6.07) is 4.14. The molecule has 96 valence electrons. The lowest BCUT2D eigenvalue weighted by molar-refractivity contribution is 0.316. The molecule has 0 bridgehead atoms. The summed E-state index contributed by atoms with van der Waals surface area (Å²) in [5.74, 6) is 0. The van der Waals surface area contributed by atoms with Crippen molar-refractivity contribution in [2.24, 2.45) is 0 Å². The van der Waals surface area contributed by atoms with Crippen LogP contribution in [-0.4, -0.2) is 37.1 Å². The zero-order chi connectivity index (χ0) is 12.3. The summed E-state index contributed by atoms with van der Waals surface area (Å²) < 4.78 is 0. The van der Waals surface area contributed by atoms with Crippen molar-refractivity contribution < 1.29 is 0 Å². The second-order valence-corrected chi connectivity index (χ2v) is 4.62. The average molecular weight is 235 g/mol. The monoisotopic (exact) mass is 235 g/mol. The normalized spacial score (nSPS) is 11.0. The molecule has 0 spiro atoms. The molecule has 3 nitrogen and oxygen atoms in total. The van der Waals surface area contributed by atoms with E-state index in [-0.39, 0.29) is 0 Å². The summed E-state index contributed by atoms with van der Waals surface area (Å²) in [7, 11) is 4.20. The highest BCUT2D eigenvalue weighted by Crippen LogP contribution is 2.04. The lowest BCUT2D eigenvalue weighted by Gasteiger charge is -2.16. The smallest absolute Gasteiger partial charge is 0.0312 e. The number of rotatable bonds is 9. The number of unbranched alkanes of at least 4 members (excludes halogenated alkanes) is 3. The molecule has 0 saturated carbocycles. The van der Waals surface area contributed by atoms with Crippen molar-refractivity contribution in [3.05, 3.63) is 30.1 Å². The fraction of sp³-hybridized carbons (Fsp3) is 0.643. The highest BCUT2D eigenvalue weighted by atomic mass is 15.1. The maximum atomic E-state index is 4.13. The summed E-state index contributed by atoms with van der Waals surface area (Å²) in [6.45, 7) is 3.32. The van der Waals surface area contributed by atoms with E-state index >= 15 is 0 Å². The Bertz CT molecular complexity index is 274. The van der Waals surface area contributed by atoms with Gasteiger partial charge in [-0.3, -0.25) is 4.98 Å². The minimum absolute atomic E-state index is 1.00. The number of nitrogens with one attached hydrogen (secondary N) is 1. The van der Waals surface area contributed by atoms with Crippen LogP contribution in [0.5, 0.6) is 0 Å². The van der Waals surface area contributed by atoms with E-state index in [0.29, 0.717) is 0 Å². The van der Waals surface area contributed by atoms with E-state index < -0.39 is 0 Å². The van der Waals surface area contributed by atoms with Gasteiger partial charge in [-0.05, 0) is 51.7 Å². The van der Waals surface area contributed by atoms with Crippen LogP contribution >= 0.6 is 0 Å². The third kappa shape index (κ3) is 7.08. The van der Waals surface area contributed by atoms with Gasteiger partial charge in [0.05, 0.1) is 0 Å². The van der Waals surface area contributed by atoms with Gasteiger partial charge in [0.15, 0.2) is 0 Å². The number of hydrogen-bond acceptors (Lipinski definition) is 3. The minimum Gasteiger partial charge on any atom is -0.320 e. The average Bonchev–Trinajstić information content (AvgIpc) is 2.35. The Hall–Kier alpha value is -0.930. The van der Waals surface area contributed by atoms with Crippen molar-refractivity contribution >= 4 is 0 Å². The van der Waals surface area contributed by atoms with Crippen molar-refractivity contribution in [1.29, 1.82) is 0 Å².